The average Bonchev–Trinajstić information content (AvgIpc) is 3.13. The molecule has 4 rings (SSSR count). The van der Waals surface area contributed by atoms with Crippen LogP contribution >= 0.6 is 11.6 Å². The first-order valence-corrected chi connectivity index (χ1v) is 7.05. The summed E-state index contributed by atoms with van der Waals surface area (Å²) in [5.74, 6) is 1.22. The fourth-order valence-electron chi connectivity index (χ4n) is 2.91. The zero-order chi connectivity index (χ0) is 13.9. The Bertz CT molecular complexity index is 593. The number of carbonyl (C=O) groups excluding carboxylic acids is 1. The summed E-state index contributed by atoms with van der Waals surface area (Å²) in [6, 6.07) is 3.23. The zero-order valence-corrected chi connectivity index (χ0v) is 11.5. The van der Waals surface area contributed by atoms with Gasteiger partial charge in [0.1, 0.15) is 5.60 Å². The molecule has 20 heavy (non-hydrogen) atoms. The molecule has 1 saturated heterocycles. The fraction of sp³-hybridized carbons (Fsp3) is 0.500. The molecule has 0 aromatic heterocycles. The van der Waals surface area contributed by atoms with Crippen LogP contribution in [0.15, 0.2) is 12.1 Å². The van der Waals surface area contributed by atoms with Crippen LogP contribution in [0.3, 0.4) is 0 Å². The summed E-state index contributed by atoms with van der Waals surface area (Å²) in [5, 5.41) is 10.6. The highest BCUT2D eigenvalue weighted by Crippen LogP contribution is 2.45. The smallest absolute Gasteiger partial charge is 0.254 e. The fourth-order valence-corrected chi connectivity index (χ4v) is 3.18. The number of benzene rings is 1. The number of halogens is 1. The van der Waals surface area contributed by atoms with Crippen molar-refractivity contribution < 1.29 is 19.4 Å². The molecule has 0 bridgehead atoms. The van der Waals surface area contributed by atoms with E-state index in [0.717, 1.165) is 12.8 Å². The second kappa shape index (κ2) is 4.02. The highest BCUT2D eigenvalue weighted by atomic mass is 35.5. The van der Waals surface area contributed by atoms with Gasteiger partial charge in [-0.15, -0.1) is 0 Å². The second-order valence-corrected chi connectivity index (χ2v) is 6.14. The zero-order valence-electron chi connectivity index (χ0n) is 10.8. The van der Waals surface area contributed by atoms with E-state index < -0.39 is 5.60 Å². The van der Waals surface area contributed by atoms with Crippen molar-refractivity contribution in [3.63, 3.8) is 0 Å². The third kappa shape index (κ3) is 1.77. The lowest BCUT2D eigenvalue weighted by atomic mass is 9.88. The van der Waals surface area contributed by atoms with Gasteiger partial charge in [0.25, 0.3) is 5.91 Å². The molecule has 0 unspecified atom stereocenters. The Morgan fingerprint density at radius 3 is 2.80 bits per heavy atom. The molecule has 1 amide bonds. The molecule has 1 N–H and O–H groups in total. The summed E-state index contributed by atoms with van der Waals surface area (Å²) in [6.07, 6.45) is 2.13. The van der Waals surface area contributed by atoms with E-state index in [1.165, 1.54) is 0 Å². The molecule has 1 saturated carbocycles. The molecule has 0 atom stereocenters. The van der Waals surface area contributed by atoms with Crippen molar-refractivity contribution in [1.29, 1.82) is 0 Å². The lowest BCUT2D eigenvalue weighted by Crippen LogP contribution is -2.64. The van der Waals surface area contributed by atoms with E-state index in [1.54, 1.807) is 17.0 Å². The van der Waals surface area contributed by atoms with E-state index in [2.05, 4.69) is 0 Å². The third-order valence-corrected chi connectivity index (χ3v) is 4.51. The molecule has 6 heteroatoms. The molecule has 1 aromatic carbocycles. The Morgan fingerprint density at radius 2 is 2.10 bits per heavy atom. The number of aliphatic hydroxyl groups is 1. The standard InChI is InChI=1S/C14H14ClNO4/c15-10-3-8(4-11-12(10)20-7-19-11)13(17)16-5-14(18,6-16)9-1-2-9/h3-4,9,18H,1-2,5-7H2. The maximum atomic E-state index is 12.4. The number of hydrogen-bond donors (Lipinski definition) is 1. The van der Waals surface area contributed by atoms with Crippen molar-refractivity contribution in [2.75, 3.05) is 19.9 Å². The van der Waals surface area contributed by atoms with Gasteiger partial charge in [-0.25, -0.2) is 0 Å². The summed E-state index contributed by atoms with van der Waals surface area (Å²) >= 11 is 6.08. The highest BCUT2D eigenvalue weighted by Gasteiger charge is 2.53. The van der Waals surface area contributed by atoms with Gasteiger partial charge in [0.05, 0.1) is 18.1 Å². The Hall–Kier alpha value is -1.46. The molecule has 5 nitrogen and oxygen atoms in total. The lowest BCUT2D eigenvalue weighted by Gasteiger charge is -2.47. The molecule has 2 fully saturated rings. The third-order valence-electron chi connectivity index (χ3n) is 4.23. The van der Waals surface area contributed by atoms with Crippen molar-refractivity contribution in [2.24, 2.45) is 5.92 Å². The van der Waals surface area contributed by atoms with Crippen LogP contribution in [0.4, 0.5) is 0 Å². The predicted molar refractivity (Wildman–Crippen MR) is 71.2 cm³/mol. The first-order valence-electron chi connectivity index (χ1n) is 6.68. The number of amides is 1. The van der Waals surface area contributed by atoms with Crippen LogP contribution in [0.25, 0.3) is 0 Å². The van der Waals surface area contributed by atoms with Gasteiger partial charge < -0.3 is 19.5 Å². The number of fused-ring (bicyclic) bond motifs is 1. The monoisotopic (exact) mass is 295 g/mol. The first kappa shape index (κ1) is 12.3. The quantitative estimate of drug-likeness (QED) is 0.901. The van der Waals surface area contributed by atoms with E-state index >= 15 is 0 Å². The van der Waals surface area contributed by atoms with Gasteiger partial charge >= 0.3 is 0 Å². The average molecular weight is 296 g/mol. The molecule has 0 radical (unpaired) electrons. The summed E-state index contributed by atoms with van der Waals surface area (Å²) in [7, 11) is 0. The first-order chi connectivity index (χ1) is 9.57. The van der Waals surface area contributed by atoms with Crippen LogP contribution in [0.5, 0.6) is 11.5 Å². The molecule has 106 valence electrons. The van der Waals surface area contributed by atoms with Crippen LogP contribution in [-0.4, -0.2) is 41.4 Å². The molecule has 1 aliphatic carbocycles. The van der Waals surface area contributed by atoms with Crippen molar-refractivity contribution in [3.05, 3.63) is 22.7 Å². The maximum Gasteiger partial charge on any atom is 0.254 e. The molecule has 1 aromatic rings. The normalized spacial score (nSPS) is 22.6. The minimum atomic E-state index is -0.671. The van der Waals surface area contributed by atoms with Gasteiger partial charge in [0, 0.05) is 5.56 Å². The Morgan fingerprint density at radius 1 is 1.35 bits per heavy atom. The molecule has 3 aliphatic rings. The number of carbonyl (C=O) groups is 1. The number of nitrogens with zero attached hydrogens (tertiary/aromatic N) is 1. The van der Waals surface area contributed by atoms with Gasteiger partial charge in [-0.3, -0.25) is 4.79 Å². The van der Waals surface area contributed by atoms with E-state index in [0.29, 0.717) is 41.1 Å². The van der Waals surface area contributed by atoms with Gasteiger partial charge in [-0.05, 0) is 30.9 Å². The van der Waals surface area contributed by atoms with Gasteiger partial charge in [-0.2, -0.15) is 0 Å². The minimum absolute atomic E-state index is 0.123. The van der Waals surface area contributed by atoms with E-state index in [4.69, 9.17) is 21.1 Å². The molecule has 0 spiro atoms. The van der Waals surface area contributed by atoms with Crippen LogP contribution < -0.4 is 9.47 Å². The summed E-state index contributed by atoms with van der Waals surface area (Å²) in [6.45, 7) is 0.933. The number of hydrogen-bond acceptors (Lipinski definition) is 4. The van der Waals surface area contributed by atoms with E-state index in [1.807, 2.05) is 0 Å². The summed E-state index contributed by atoms with van der Waals surface area (Å²) < 4.78 is 10.5. The number of rotatable bonds is 2. The topological polar surface area (TPSA) is 59.0 Å². The Labute approximate surface area is 121 Å². The Balaban J connectivity index is 1.54. The van der Waals surface area contributed by atoms with Crippen LogP contribution in [-0.2, 0) is 0 Å². The van der Waals surface area contributed by atoms with Gasteiger partial charge in [0.2, 0.25) is 6.79 Å². The largest absolute Gasteiger partial charge is 0.454 e. The van der Waals surface area contributed by atoms with Crippen LogP contribution in [0.2, 0.25) is 5.02 Å². The van der Waals surface area contributed by atoms with Gasteiger partial charge in [-0.1, -0.05) is 11.6 Å². The lowest BCUT2D eigenvalue weighted by molar-refractivity contribution is -0.0958. The van der Waals surface area contributed by atoms with Gasteiger partial charge in [0.15, 0.2) is 11.5 Å². The molecular formula is C14H14ClNO4. The van der Waals surface area contributed by atoms with Crippen LogP contribution in [0.1, 0.15) is 23.2 Å². The summed E-state index contributed by atoms with van der Waals surface area (Å²) in [5.41, 5.74) is -0.201. The van der Waals surface area contributed by atoms with E-state index in [-0.39, 0.29) is 12.7 Å². The molecule has 2 aliphatic heterocycles. The van der Waals surface area contributed by atoms with Crippen molar-refractivity contribution in [3.8, 4) is 11.5 Å². The number of likely N-dealkylation sites (tertiary alicyclic amines) is 1. The molecular weight excluding hydrogens is 282 g/mol. The minimum Gasteiger partial charge on any atom is -0.454 e. The molecule has 2 heterocycles. The van der Waals surface area contributed by atoms with Crippen molar-refractivity contribution in [1.82, 2.24) is 4.90 Å². The SMILES string of the molecule is O=C(c1cc(Cl)c2c(c1)OCO2)N1CC(O)(C2CC2)C1. The maximum absolute atomic E-state index is 12.4. The van der Waals surface area contributed by atoms with Crippen LogP contribution in [0, 0.1) is 5.92 Å². The number of ether oxygens (including phenoxy) is 2. The number of β-amino-alcohol motifs (C(OH)–C–C–N with tert-alkyl or cyclic N) is 1. The summed E-state index contributed by atoms with van der Waals surface area (Å²) in [4.78, 5) is 14.0. The van der Waals surface area contributed by atoms with Crippen molar-refractivity contribution in [2.45, 2.75) is 18.4 Å². The van der Waals surface area contributed by atoms with E-state index in [9.17, 15) is 9.90 Å². The predicted octanol–water partition coefficient (Wildman–Crippen LogP) is 1.67. The second-order valence-electron chi connectivity index (χ2n) is 5.73. The van der Waals surface area contributed by atoms with Crippen molar-refractivity contribution >= 4 is 17.5 Å². The highest BCUT2D eigenvalue weighted by molar-refractivity contribution is 6.32. The Kier molecular flexibility index (Phi) is 2.47.